The summed E-state index contributed by atoms with van der Waals surface area (Å²) in [6, 6.07) is 0.574. The number of nitrogens with zero attached hydrogens (tertiary/aromatic N) is 1. The molecular weight excluding hydrogens is 282 g/mol. The van der Waals surface area contributed by atoms with E-state index in [-0.39, 0.29) is 5.91 Å². The van der Waals surface area contributed by atoms with Crippen LogP contribution in [0.3, 0.4) is 0 Å². The number of amides is 1. The third-order valence-electron chi connectivity index (χ3n) is 4.02. The van der Waals surface area contributed by atoms with Crippen molar-refractivity contribution in [1.29, 1.82) is 0 Å². The number of hydrogen-bond acceptors (Lipinski definition) is 4. The first-order valence-corrected chi connectivity index (χ1v) is 8.74. The highest BCUT2D eigenvalue weighted by Gasteiger charge is 2.23. The summed E-state index contributed by atoms with van der Waals surface area (Å²) in [6.07, 6.45) is 10.8. The van der Waals surface area contributed by atoms with E-state index >= 15 is 0 Å². The molecule has 0 radical (unpaired) electrons. The molecule has 4 nitrogen and oxygen atoms in total. The van der Waals surface area contributed by atoms with Gasteiger partial charge in [-0.3, -0.25) is 4.79 Å². The molecule has 0 aliphatic heterocycles. The van der Waals surface area contributed by atoms with Crippen molar-refractivity contribution in [3.63, 3.8) is 0 Å². The zero-order chi connectivity index (χ0) is 14.7. The van der Waals surface area contributed by atoms with Crippen LogP contribution in [0.5, 0.6) is 0 Å². The number of aryl methyl sites for hydroxylation is 1. The van der Waals surface area contributed by atoms with Crippen LogP contribution in [0.4, 0.5) is 5.13 Å². The van der Waals surface area contributed by atoms with Crippen molar-refractivity contribution in [2.75, 3.05) is 11.9 Å². The Morgan fingerprint density at radius 2 is 2.29 bits per heavy atom. The van der Waals surface area contributed by atoms with E-state index in [1.165, 1.54) is 55.4 Å². The largest absolute Gasteiger partial charge is 0.359 e. The molecule has 2 N–H and O–H groups in total. The van der Waals surface area contributed by atoms with Gasteiger partial charge in [0.05, 0.1) is 5.69 Å². The van der Waals surface area contributed by atoms with Gasteiger partial charge in [-0.15, -0.1) is 0 Å². The third-order valence-corrected chi connectivity index (χ3v) is 5.11. The van der Waals surface area contributed by atoms with Crippen LogP contribution in [0.2, 0.25) is 0 Å². The molecule has 0 atom stereocenters. The van der Waals surface area contributed by atoms with Gasteiger partial charge >= 0.3 is 0 Å². The lowest BCUT2D eigenvalue weighted by Crippen LogP contribution is -2.24. The zero-order valence-electron chi connectivity index (χ0n) is 12.6. The van der Waals surface area contributed by atoms with Crippen LogP contribution in [-0.4, -0.2) is 23.5 Å². The van der Waals surface area contributed by atoms with Gasteiger partial charge in [0.1, 0.15) is 4.88 Å². The Morgan fingerprint density at radius 1 is 1.43 bits per heavy atom. The maximum absolute atomic E-state index is 12.2. The normalized spacial score (nSPS) is 18.2. The average molecular weight is 305 g/mol. The van der Waals surface area contributed by atoms with E-state index in [9.17, 15) is 4.79 Å². The highest BCUT2D eigenvalue weighted by molar-refractivity contribution is 7.17. The second-order valence-electron chi connectivity index (χ2n) is 5.97. The number of rotatable bonds is 6. The third kappa shape index (κ3) is 4.06. The summed E-state index contributed by atoms with van der Waals surface area (Å²) < 4.78 is 0. The van der Waals surface area contributed by atoms with Gasteiger partial charge in [0, 0.05) is 12.6 Å². The summed E-state index contributed by atoms with van der Waals surface area (Å²) >= 11 is 1.47. The van der Waals surface area contributed by atoms with Crippen LogP contribution < -0.4 is 10.6 Å². The van der Waals surface area contributed by atoms with Crippen LogP contribution in [0, 0.1) is 6.92 Å². The Morgan fingerprint density at radius 3 is 3.00 bits per heavy atom. The minimum absolute atomic E-state index is 0.0188. The number of aromatic nitrogens is 1. The Labute approximate surface area is 130 Å². The molecule has 3 rings (SSSR count). The minimum atomic E-state index is 0.0188. The lowest BCUT2D eigenvalue weighted by molar-refractivity contribution is 0.0957. The van der Waals surface area contributed by atoms with E-state index in [1.807, 2.05) is 6.92 Å². The van der Waals surface area contributed by atoms with Crippen molar-refractivity contribution < 1.29 is 4.79 Å². The molecule has 0 aromatic carbocycles. The molecule has 1 saturated carbocycles. The van der Waals surface area contributed by atoms with Gasteiger partial charge in [-0.2, -0.15) is 0 Å². The Hall–Kier alpha value is -1.36. The highest BCUT2D eigenvalue weighted by atomic mass is 32.1. The molecular formula is C16H23N3OS. The summed E-state index contributed by atoms with van der Waals surface area (Å²) in [7, 11) is 0. The first-order valence-electron chi connectivity index (χ1n) is 7.92. The SMILES string of the molecule is Cc1nc(NC2CC2)sc1C(=O)NCCC1=CCCCC1. The Bertz CT molecular complexity index is 546. The summed E-state index contributed by atoms with van der Waals surface area (Å²) in [4.78, 5) is 17.4. The molecule has 0 spiro atoms. The summed E-state index contributed by atoms with van der Waals surface area (Å²) in [6.45, 7) is 2.64. The fraction of sp³-hybridized carbons (Fsp3) is 0.625. The number of allylic oxidation sites excluding steroid dienone is 1. The van der Waals surface area contributed by atoms with Crippen molar-refractivity contribution in [3.05, 3.63) is 22.2 Å². The van der Waals surface area contributed by atoms with Crippen LogP contribution in [0.25, 0.3) is 0 Å². The van der Waals surface area contributed by atoms with E-state index in [4.69, 9.17) is 0 Å². The maximum atomic E-state index is 12.2. The first kappa shape index (κ1) is 14.6. The standard InChI is InChI=1S/C16H23N3OS/c1-11-14(21-16(18-11)19-13-7-8-13)15(20)17-10-9-12-5-3-2-4-6-12/h5,13H,2-4,6-10H2,1H3,(H,17,20)(H,18,19). The van der Waals surface area contributed by atoms with Gasteiger partial charge in [0.2, 0.25) is 0 Å². The lowest BCUT2D eigenvalue weighted by Gasteiger charge is -2.12. The molecule has 0 unspecified atom stereocenters. The molecule has 1 amide bonds. The predicted octanol–water partition coefficient (Wildman–Crippen LogP) is 3.65. The molecule has 2 aliphatic rings. The highest BCUT2D eigenvalue weighted by Crippen LogP contribution is 2.29. The minimum Gasteiger partial charge on any atom is -0.359 e. The van der Waals surface area contributed by atoms with E-state index < -0.39 is 0 Å². The lowest BCUT2D eigenvalue weighted by atomic mass is 9.97. The molecule has 1 fully saturated rings. The number of carbonyl (C=O) groups is 1. The fourth-order valence-electron chi connectivity index (χ4n) is 2.62. The van der Waals surface area contributed by atoms with Gasteiger partial charge in [0.25, 0.3) is 5.91 Å². The predicted molar refractivity (Wildman–Crippen MR) is 87.0 cm³/mol. The Balaban J connectivity index is 1.50. The molecule has 114 valence electrons. The summed E-state index contributed by atoms with van der Waals surface area (Å²) in [5.74, 6) is 0.0188. The second-order valence-corrected chi connectivity index (χ2v) is 6.97. The number of thiazole rings is 1. The topological polar surface area (TPSA) is 54.0 Å². The number of anilines is 1. The zero-order valence-corrected chi connectivity index (χ0v) is 13.4. The molecule has 2 aliphatic carbocycles. The number of nitrogens with one attached hydrogen (secondary N) is 2. The molecule has 1 heterocycles. The summed E-state index contributed by atoms with van der Waals surface area (Å²) in [5, 5.41) is 7.27. The monoisotopic (exact) mass is 305 g/mol. The van der Waals surface area contributed by atoms with E-state index in [1.54, 1.807) is 0 Å². The quantitative estimate of drug-likeness (QED) is 0.789. The van der Waals surface area contributed by atoms with Crippen LogP contribution in [0.1, 0.15) is 60.3 Å². The van der Waals surface area contributed by atoms with Crippen LogP contribution in [-0.2, 0) is 0 Å². The van der Waals surface area contributed by atoms with Crippen molar-refractivity contribution in [2.45, 2.75) is 57.9 Å². The Kier molecular flexibility index (Phi) is 4.58. The van der Waals surface area contributed by atoms with E-state index in [2.05, 4.69) is 21.7 Å². The van der Waals surface area contributed by atoms with Crippen LogP contribution >= 0.6 is 11.3 Å². The van der Waals surface area contributed by atoms with Gasteiger partial charge < -0.3 is 10.6 Å². The maximum Gasteiger partial charge on any atom is 0.263 e. The molecule has 1 aromatic heterocycles. The fourth-order valence-corrected chi connectivity index (χ4v) is 3.58. The van der Waals surface area contributed by atoms with E-state index in [0.29, 0.717) is 6.04 Å². The number of carbonyl (C=O) groups excluding carboxylic acids is 1. The van der Waals surface area contributed by atoms with Gasteiger partial charge in [0.15, 0.2) is 5.13 Å². The van der Waals surface area contributed by atoms with Crippen molar-refractivity contribution in [2.24, 2.45) is 0 Å². The summed E-state index contributed by atoms with van der Waals surface area (Å²) in [5.41, 5.74) is 2.33. The molecule has 0 bridgehead atoms. The molecule has 1 aromatic rings. The first-order chi connectivity index (χ1) is 10.2. The van der Waals surface area contributed by atoms with Crippen molar-refractivity contribution in [3.8, 4) is 0 Å². The van der Waals surface area contributed by atoms with Gasteiger partial charge in [-0.05, 0) is 51.9 Å². The van der Waals surface area contributed by atoms with Crippen LogP contribution in [0.15, 0.2) is 11.6 Å². The molecule has 0 saturated heterocycles. The molecule has 5 heteroatoms. The van der Waals surface area contributed by atoms with Crippen molar-refractivity contribution >= 4 is 22.4 Å². The smallest absolute Gasteiger partial charge is 0.263 e. The number of hydrogen-bond donors (Lipinski definition) is 2. The second kappa shape index (κ2) is 6.60. The average Bonchev–Trinajstić information content (AvgIpc) is 3.21. The van der Waals surface area contributed by atoms with E-state index in [0.717, 1.165) is 28.7 Å². The van der Waals surface area contributed by atoms with Gasteiger partial charge in [-0.25, -0.2) is 4.98 Å². The van der Waals surface area contributed by atoms with Gasteiger partial charge in [-0.1, -0.05) is 23.0 Å². The molecule has 21 heavy (non-hydrogen) atoms. The van der Waals surface area contributed by atoms with Crippen molar-refractivity contribution in [1.82, 2.24) is 10.3 Å².